The van der Waals surface area contributed by atoms with E-state index in [0.29, 0.717) is 11.7 Å². The maximum atomic E-state index is 12.2. The van der Waals surface area contributed by atoms with Gasteiger partial charge in [-0.2, -0.15) is 0 Å². The van der Waals surface area contributed by atoms with E-state index in [2.05, 4.69) is 35.7 Å². The molecule has 2 aliphatic rings. The molecular formula is C14H20N8O. The van der Waals surface area contributed by atoms with Crippen molar-refractivity contribution >= 4 is 17.4 Å². The molecule has 1 N–H and O–H groups in total. The van der Waals surface area contributed by atoms with Crippen molar-refractivity contribution in [2.24, 2.45) is 0 Å². The summed E-state index contributed by atoms with van der Waals surface area (Å²) in [6, 6.07) is 4.14. The predicted molar refractivity (Wildman–Crippen MR) is 83.0 cm³/mol. The number of carbonyl (C=O) groups excluding carboxylic acids is 1. The van der Waals surface area contributed by atoms with Gasteiger partial charge in [-0.3, -0.25) is 9.69 Å². The van der Waals surface area contributed by atoms with Gasteiger partial charge in [-0.15, -0.1) is 14.8 Å². The number of hydrogen-bond acceptors (Lipinski definition) is 7. The summed E-state index contributed by atoms with van der Waals surface area (Å²) in [6.45, 7) is 5.34. The third-order valence-corrected chi connectivity index (χ3v) is 4.54. The average molecular weight is 316 g/mol. The lowest BCUT2D eigenvalue weighted by molar-refractivity contribution is -0.126. The van der Waals surface area contributed by atoms with Crippen LogP contribution >= 0.6 is 0 Å². The van der Waals surface area contributed by atoms with E-state index in [1.165, 1.54) is 4.63 Å². The van der Waals surface area contributed by atoms with E-state index >= 15 is 0 Å². The van der Waals surface area contributed by atoms with Crippen molar-refractivity contribution in [3.05, 3.63) is 12.1 Å². The number of anilines is 1. The van der Waals surface area contributed by atoms with Crippen LogP contribution in [0.4, 0.5) is 5.82 Å². The summed E-state index contributed by atoms with van der Waals surface area (Å²) in [5.74, 6) is 1.01. The quantitative estimate of drug-likeness (QED) is 0.798. The van der Waals surface area contributed by atoms with E-state index in [0.717, 1.165) is 44.8 Å². The first-order valence-electron chi connectivity index (χ1n) is 8.05. The van der Waals surface area contributed by atoms with E-state index in [1.54, 1.807) is 0 Å². The van der Waals surface area contributed by atoms with Gasteiger partial charge in [0.2, 0.25) is 5.91 Å². The second-order valence-electron chi connectivity index (χ2n) is 6.20. The highest BCUT2D eigenvalue weighted by atomic mass is 16.2. The smallest absolute Gasteiger partial charge is 0.237 e. The van der Waals surface area contributed by atoms with Gasteiger partial charge >= 0.3 is 0 Å². The van der Waals surface area contributed by atoms with Gasteiger partial charge in [0.1, 0.15) is 0 Å². The zero-order chi connectivity index (χ0) is 15.8. The summed E-state index contributed by atoms with van der Waals surface area (Å²) in [5, 5.41) is 18.8. The van der Waals surface area contributed by atoms with Crippen LogP contribution in [0.15, 0.2) is 12.1 Å². The molecule has 1 atom stereocenters. The lowest BCUT2D eigenvalue weighted by Crippen LogP contribution is -2.54. The molecule has 1 aliphatic heterocycles. The molecule has 9 heteroatoms. The Bertz CT molecular complexity index is 704. The minimum absolute atomic E-state index is 0.0762. The van der Waals surface area contributed by atoms with Gasteiger partial charge in [-0.1, -0.05) is 0 Å². The van der Waals surface area contributed by atoms with Crippen molar-refractivity contribution in [3.8, 4) is 0 Å². The maximum Gasteiger partial charge on any atom is 0.237 e. The monoisotopic (exact) mass is 316 g/mol. The number of piperazine rings is 1. The maximum absolute atomic E-state index is 12.2. The van der Waals surface area contributed by atoms with Gasteiger partial charge in [-0.05, 0) is 42.3 Å². The van der Waals surface area contributed by atoms with Crippen LogP contribution < -0.4 is 10.2 Å². The number of aromatic nitrogens is 5. The lowest BCUT2D eigenvalue weighted by atomic mass is 10.2. The average Bonchev–Trinajstić information content (AvgIpc) is 3.27. The molecule has 1 unspecified atom stereocenters. The van der Waals surface area contributed by atoms with E-state index in [4.69, 9.17) is 0 Å². The molecule has 2 aromatic rings. The molecule has 3 heterocycles. The Hall–Kier alpha value is -2.29. The van der Waals surface area contributed by atoms with Gasteiger partial charge in [0.15, 0.2) is 11.5 Å². The SMILES string of the molecule is CC(C(=O)NC1CC1)N1CCN(c2ccc3nnnn3n2)CC1. The van der Waals surface area contributed by atoms with Gasteiger partial charge in [-0.25, -0.2) is 0 Å². The van der Waals surface area contributed by atoms with E-state index in [1.807, 2.05) is 19.1 Å². The first-order valence-corrected chi connectivity index (χ1v) is 8.05. The summed E-state index contributed by atoms with van der Waals surface area (Å²) in [6.07, 6.45) is 2.25. The largest absolute Gasteiger partial charge is 0.353 e. The van der Waals surface area contributed by atoms with Crippen LogP contribution in [-0.2, 0) is 4.79 Å². The van der Waals surface area contributed by atoms with Gasteiger partial charge in [0, 0.05) is 32.2 Å². The second kappa shape index (κ2) is 5.73. The molecule has 0 aromatic carbocycles. The summed E-state index contributed by atoms with van der Waals surface area (Å²) in [5.41, 5.74) is 0.637. The molecule has 1 saturated heterocycles. The number of rotatable bonds is 4. The molecule has 0 radical (unpaired) electrons. The molecule has 2 aromatic heterocycles. The number of hydrogen-bond donors (Lipinski definition) is 1. The number of carbonyl (C=O) groups is 1. The zero-order valence-corrected chi connectivity index (χ0v) is 13.1. The molecular weight excluding hydrogens is 296 g/mol. The zero-order valence-electron chi connectivity index (χ0n) is 13.1. The highest BCUT2D eigenvalue weighted by Gasteiger charge is 2.30. The number of amides is 1. The van der Waals surface area contributed by atoms with Crippen molar-refractivity contribution in [1.29, 1.82) is 0 Å². The fourth-order valence-corrected chi connectivity index (χ4v) is 2.86. The molecule has 1 aliphatic carbocycles. The Balaban J connectivity index is 1.37. The second-order valence-corrected chi connectivity index (χ2v) is 6.20. The number of nitrogens with one attached hydrogen (secondary N) is 1. The first kappa shape index (κ1) is 14.3. The topological polar surface area (TPSA) is 91.5 Å². The van der Waals surface area contributed by atoms with Crippen LogP contribution in [0.1, 0.15) is 19.8 Å². The Morgan fingerprint density at radius 1 is 1.26 bits per heavy atom. The van der Waals surface area contributed by atoms with Crippen molar-refractivity contribution in [1.82, 2.24) is 35.5 Å². The van der Waals surface area contributed by atoms with E-state index in [9.17, 15) is 4.79 Å². The minimum Gasteiger partial charge on any atom is -0.353 e. The lowest BCUT2D eigenvalue weighted by Gasteiger charge is -2.37. The normalized spacial score (nSPS) is 20.7. The fraction of sp³-hybridized carbons (Fsp3) is 0.643. The van der Waals surface area contributed by atoms with Crippen LogP contribution in [-0.4, -0.2) is 74.3 Å². The Morgan fingerprint density at radius 3 is 2.78 bits per heavy atom. The van der Waals surface area contributed by atoms with Crippen molar-refractivity contribution in [2.75, 3.05) is 31.1 Å². The molecule has 2 fully saturated rings. The van der Waals surface area contributed by atoms with Crippen molar-refractivity contribution < 1.29 is 4.79 Å². The summed E-state index contributed by atoms with van der Waals surface area (Å²) >= 11 is 0. The van der Waals surface area contributed by atoms with Gasteiger partial charge < -0.3 is 10.2 Å². The third-order valence-electron chi connectivity index (χ3n) is 4.54. The predicted octanol–water partition coefficient (Wildman–Crippen LogP) is -0.692. The first-order chi connectivity index (χ1) is 11.2. The van der Waals surface area contributed by atoms with Crippen molar-refractivity contribution in [2.45, 2.75) is 31.8 Å². The highest BCUT2D eigenvalue weighted by molar-refractivity contribution is 5.81. The summed E-state index contributed by atoms with van der Waals surface area (Å²) < 4.78 is 1.44. The molecule has 1 saturated carbocycles. The highest BCUT2D eigenvalue weighted by Crippen LogP contribution is 2.20. The van der Waals surface area contributed by atoms with Crippen LogP contribution in [0.2, 0.25) is 0 Å². The Labute approximate surface area is 133 Å². The van der Waals surface area contributed by atoms with E-state index < -0.39 is 0 Å². The van der Waals surface area contributed by atoms with E-state index in [-0.39, 0.29) is 11.9 Å². The molecule has 4 rings (SSSR count). The van der Waals surface area contributed by atoms with Crippen LogP contribution in [0, 0.1) is 0 Å². The number of nitrogens with zero attached hydrogens (tertiary/aromatic N) is 7. The Morgan fingerprint density at radius 2 is 2.04 bits per heavy atom. The number of fused-ring (bicyclic) bond motifs is 1. The Kier molecular flexibility index (Phi) is 3.56. The minimum atomic E-state index is -0.0762. The van der Waals surface area contributed by atoms with Gasteiger partial charge in [0.25, 0.3) is 0 Å². The molecule has 0 bridgehead atoms. The fourth-order valence-electron chi connectivity index (χ4n) is 2.86. The van der Waals surface area contributed by atoms with Crippen LogP contribution in [0.3, 0.4) is 0 Å². The number of tetrazole rings is 1. The standard InChI is InChI=1S/C14H20N8O/c1-10(14(23)15-11-2-3-11)20-6-8-21(9-7-20)13-5-4-12-16-18-19-22(12)17-13/h4-5,10-11H,2-3,6-9H2,1H3,(H,15,23). The van der Waals surface area contributed by atoms with Crippen LogP contribution in [0.25, 0.3) is 5.65 Å². The molecule has 1 amide bonds. The molecule has 122 valence electrons. The van der Waals surface area contributed by atoms with Gasteiger partial charge in [0.05, 0.1) is 6.04 Å². The molecule has 0 spiro atoms. The summed E-state index contributed by atoms with van der Waals surface area (Å²) in [4.78, 5) is 16.6. The van der Waals surface area contributed by atoms with Crippen LogP contribution in [0.5, 0.6) is 0 Å². The molecule has 9 nitrogen and oxygen atoms in total. The van der Waals surface area contributed by atoms with Crippen molar-refractivity contribution in [3.63, 3.8) is 0 Å². The molecule has 23 heavy (non-hydrogen) atoms. The summed E-state index contributed by atoms with van der Waals surface area (Å²) in [7, 11) is 0. The third kappa shape index (κ3) is 2.96.